The lowest BCUT2D eigenvalue weighted by atomic mass is 10.1. The van der Waals surface area contributed by atoms with E-state index in [1.54, 1.807) is 26.0 Å². The zero-order valence-electron chi connectivity index (χ0n) is 17.7. The maximum Gasteiger partial charge on any atom is 0.340 e. The Kier molecular flexibility index (Phi) is 7.40. The first-order chi connectivity index (χ1) is 15.0. The van der Waals surface area contributed by atoms with Gasteiger partial charge in [-0.3, -0.25) is 4.79 Å². The number of rotatable bonds is 9. The number of H-pyrrole nitrogens is 1. The van der Waals surface area contributed by atoms with E-state index >= 15 is 0 Å². The molecule has 31 heavy (non-hydrogen) atoms. The van der Waals surface area contributed by atoms with E-state index in [9.17, 15) is 9.59 Å². The Morgan fingerprint density at radius 1 is 1.06 bits per heavy atom. The number of benzene rings is 1. The monoisotopic (exact) mass is 423 g/mol. The summed E-state index contributed by atoms with van der Waals surface area (Å²) in [5.41, 5.74) is 3.27. The highest BCUT2D eigenvalue weighted by Crippen LogP contribution is 2.21. The second-order valence-electron chi connectivity index (χ2n) is 6.87. The lowest BCUT2D eigenvalue weighted by molar-refractivity contribution is 0.0387. The fourth-order valence-electron chi connectivity index (χ4n) is 3.04. The largest absolute Gasteiger partial charge is 0.473 e. The van der Waals surface area contributed by atoms with Gasteiger partial charge in [0.05, 0.1) is 24.1 Å². The average molecular weight is 423 g/mol. The molecule has 2 N–H and O–H groups in total. The van der Waals surface area contributed by atoms with Crippen molar-refractivity contribution in [3.63, 3.8) is 0 Å². The van der Waals surface area contributed by atoms with Gasteiger partial charge in [0.25, 0.3) is 5.91 Å². The van der Waals surface area contributed by atoms with Crippen LogP contribution in [0.15, 0.2) is 48.7 Å². The molecule has 3 rings (SSSR count). The maximum absolute atomic E-state index is 12.7. The Morgan fingerprint density at radius 3 is 2.52 bits per heavy atom. The number of anilines is 1. The van der Waals surface area contributed by atoms with Crippen molar-refractivity contribution in [2.24, 2.45) is 0 Å². The Bertz CT molecular complexity index is 1030. The number of aryl methyl sites for hydroxylation is 1. The number of carbonyl (C=O) groups is 2. The predicted octanol–water partition coefficient (Wildman–Crippen LogP) is 3.66. The van der Waals surface area contributed by atoms with Gasteiger partial charge in [-0.05, 0) is 31.0 Å². The number of nitrogens with one attached hydrogen (secondary N) is 2. The van der Waals surface area contributed by atoms with Crippen LogP contribution in [0.1, 0.15) is 37.7 Å². The van der Waals surface area contributed by atoms with E-state index in [0.717, 1.165) is 5.56 Å². The van der Waals surface area contributed by atoms with Crippen molar-refractivity contribution in [1.29, 1.82) is 0 Å². The first-order valence-corrected chi connectivity index (χ1v) is 9.79. The van der Waals surface area contributed by atoms with E-state index in [2.05, 4.69) is 15.3 Å². The van der Waals surface area contributed by atoms with Crippen molar-refractivity contribution >= 4 is 17.6 Å². The Morgan fingerprint density at radius 2 is 1.84 bits per heavy atom. The van der Waals surface area contributed by atoms with Gasteiger partial charge in [0, 0.05) is 18.9 Å². The lowest BCUT2D eigenvalue weighted by Gasteiger charge is -2.08. The van der Waals surface area contributed by atoms with Crippen molar-refractivity contribution in [2.75, 3.05) is 25.6 Å². The van der Waals surface area contributed by atoms with Crippen LogP contribution in [-0.4, -0.2) is 42.2 Å². The van der Waals surface area contributed by atoms with Crippen molar-refractivity contribution in [3.05, 3.63) is 76.7 Å². The van der Waals surface area contributed by atoms with Gasteiger partial charge in [-0.2, -0.15) is 0 Å². The minimum absolute atomic E-state index is 0.144. The highest BCUT2D eigenvalue weighted by atomic mass is 16.6. The Balaban J connectivity index is 1.62. The molecule has 0 fully saturated rings. The third-order valence-corrected chi connectivity index (χ3v) is 4.61. The quantitative estimate of drug-likeness (QED) is 0.402. The molecule has 3 aromatic rings. The van der Waals surface area contributed by atoms with Crippen LogP contribution < -0.4 is 10.1 Å². The van der Waals surface area contributed by atoms with Crippen LogP contribution in [0.5, 0.6) is 5.88 Å². The zero-order chi connectivity index (χ0) is 22.2. The second kappa shape index (κ2) is 10.4. The number of nitrogens with zero attached hydrogens (tertiary/aromatic N) is 1. The van der Waals surface area contributed by atoms with Crippen LogP contribution in [0, 0.1) is 13.8 Å². The molecule has 0 spiro atoms. The highest BCUT2D eigenvalue weighted by Gasteiger charge is 2.23. The Hall–Kier alpha value is -3.65. The number of methoxy groups -OCH3 is 1. The van der Waals surface area contributed by atoms with E-state index < -0.39 is 5.97 Å². The molecule has 0 saturated carbocycles. The molecule has 0 bridgehead atoms. The van der Waals surface area contributed by atoms with Crippen LogP contribution in [0.3, 0.4) is 0 Å². The van der Waals surface area contributed by atoms with Gasteiger partial charge >= 0.3 is 5.97 Å². The summed E-state index contributed by atoms with van der Waals surface area (Å²) in [6.07, 6.45) is 1.52. The number of pyridine rings is 1. The molecule has 1 aromatic carbocycles. The van der Waals surface area contributed by atoms with Gasteiger partial charge in [-0.1, -0.05) is 30.3 Å². The topological polar surface area (TPSA) is 103 Å². The molecule has 8 heteroatoms. The molecule has 0 aliphatic heterocycles. The number of amides is 1. The summed E-state index contributed by atoms with van der Waals surface area (Å²) < 4.78 is 15.7. The molecule has 0 aliphatic rings. The molecule has 1 amide bonds. The third kappa shape index (κ3) is 5.70. The zero-order valence-corrected chi connectivity index (χ0v) is 17.7. The average Bonchev–Trinajstić information content (AvgIpc) is 3.08. The summed E-state index contributed by atoms with van der Waals surface area (Å²) >= 11 is 0. The molecular weight excluding hydrogens is 398 g/mol. The highest BCUT2D eigenvalue weighted by molar-refractivity contribution is 6.06. The number of aromatic amines is 1. The van der Waals surface area contributed by atoms with Crippen LogP contribution in [0.25, 0.3) is 0 Å². The molecule has 2 heterocycles. The summed E-state index contributed by atoms with van der Waals surface area (Å²) in [5, 5.41) is 2.77. The van der Waals surface area contributed by atoms with E-state index in [1.807, 2.05) is 30.3 Å². The van der Waals surface area contributed by atoms with Crippen molar-refractivity contribution in [2.45, 2.75) is 20.5 Å². The maximum atomic E-state index is 12.7. The number of ether oxygens (including phenoxy) is 3. The molecule has 0 unspecified atom stereocenters. The first-order valence-electron chi connectivity index (χ1n) is 9.79. The van der Waals surface area contributed by atoms with E-state index in [4.69, 9.17) is 14.2 Å². The molecule has 2 aromatic heterocycles. The van der Waals surface area contributed by atoms with Crippen LogP contribution in [-0.2, 0) is 16.1 Å². The van der Waals surface area contributed by atoms with Gasteiger partial charge in [0.1, 0.15) is 18.9 Å². The molecule has 0 saturated heterocycles. The van der Waals surface area contributed by atoms with Gasteiger partial charge < -0.3 is 24.5 Å². The summed E-state index contributed by atoms with van der Waals surface area (Å²) in [6.45, 7) is 4.27. The minimum Gasteiger partial charge on any atom is -0.473 e. The van der Waals surface area contributed by atoms with Crippen molar-refractivity contribution in [1.82, 2.24) is 9.97 Å². The van der Waals surface area contributed by atoms with Crippen molar-refractivity contribution in [3.8, 4) is 5.88 Å². The van der Waals surface area contributed by atoms with Gasteiger partial charge in [0.15, 0.2) is 0 Å². The molecule has 162 valence electrons. The van der Waals surface area contributed by atoms with E-state index in [0.29, 0.717) is 47.3 Å². The summed E-state index contributed by atoms with van der Waals surface area (Å²) in [7, 11) is 1.53. The van der Waals surface area contributed by atoms with Gasteiger partial charge in [-0.25, -0.2) is 9.78 Å². The fourth-order valence-corrected chi connectivity index (χ4v) is 3.04. The van der Waals surface area contributed by atoms with Crippen LogP contribution in [0.4, 0.5) is 5.69 Å². The minimum atomic E-state index is -0.496. The molecule has 0 radical (unpaired) electrons. The number of hydrogen-bond acceptors (Lipinski definition) is 6. The number of hydrogen-bond donors (Lipinski definition) is 2. The van der Waals surface area contributed by atoms with Gasteiger partial charge in [-0.15, -0.1) is 0 Å². The second-order valence-corrected chi connectivity index (χ2v) is 6.87. The summed E-state index contributed by atoms with van der Waals surface area (Å²) in [4.78, 5) is 32.2. The lowest BCUT2D eigenvalue weighted by Crippen LogP contribution is -2.15. The standard InChI is InChI=1S/C23H25N3O5/c1-15-20(23(28)30-12-11-29-3)16(2)25-21(15)22(27)26-18-9-10-19(24-13-18)31-14-17-7-5-4-6-8-17/h4-10,13,25H,11-12,14H2,1-3H3,(H,26,27). The molecular formula is C23H25N3O5. The third-order valence-electron chi connectivity index (χ3n) is 4.61. The van der Waals surface area contributed by atoms with Gasteiger partial charge in [0.2, 0.25) is 5.88 Å². The Labute approximate surface area is 180 Å². The van der Waals surface area contributed by atoms with Crippen molar-refractivity contribution < 1.29 is 23.8 Å². The number of carbonyl (C=O) groups excluding carboxylic acids is 2. The smallest absolute Gasteiger partial charge is 0.340 e. The molecule has 0 atom stereocenters. The summed E-state index contributed by atoms with van der Waals surface area (Å²) in [5.74, 6) is -0.421. The molecule has 0 aliphatic carbocycles. The first kappa shape index (κ1) is 22.0. The molecule has 8 nitrogen and oxygen atoms in total. The SMILES string of the molecule is COCCOC(=O)c1c(C)[nH]c(C(=O)Nc2ccc(OCc3ccccc3)nc2)c1C. The number of esters is 1. The number of aromatic nitrogens is 2. The predicted molar refractivity (Wildman–Crippen MR) is 115 cm³/mol. The van der Waals surface area contributed by atoms with E-state index in [1.165, 1.54) is 13.3 Å². The fraction of sp³-hybridized carbons (Fsp3) is 0.261. The normalized spacial score (nSPS) is 10.5. The van der Waals surface area contributed by atoms with Crippen LogP contribution in [0.2, 0.25) is 0 Å². The summed E-state index contributed by atoms with van der Waals surface area (Å²) in [6, 6.07) is 13.2. The van der Waals surface area contributed by atoms with Crippen LogP contribution >= 0.6 is 0 Å². The van der Waals surface area contributed by atoms with E-state index in [-0.39, 0.29) is 12.5 Å².